The van der Waals surface area contributed by atoms with Crippen molar-refractivity contribution >= 4 is 33.8 Å². The van der Waals surface area contributed by atoms with Crippen molar-refractivity contribution in [3.8, 4) is 0 Å². The van der Waals surface area contributed by atoms with Gasteiger partial charge in [-0.15, -0.1) is 11.3 Å². The van der Waals surface area contributed by atoms with E-state index in [2.05, 4.69) is 29.3 Å². The van der Waals surface area contributed by atoms with Crippen molar-refractivity contribution in [2.75, 3.05) is 18.4 Å². The van der Waals surface area contributed by atoms with E-state index in [-0.39, 0.29) is 11.9 Å². The normalized spacial score (nSPS) is 16.1. The van der Waals surface area contributed by atoms with E-state index < -0.39 is 0 Å². The Kier molecular flexibility index (Phi) is 5.85. The molecule has 1 fully saturated rings. The van der Waals surface area contributed by atoms with Crippen LogP contribution < -0.4 is 5.32 Å². The van der Waals surface area contributed by atoms with E-state index in [1.165, 1.54) is 25.5 Å². The third-order valence-corrected chi connectivity index (χ3v) is 6.43. The molecule has 0 radical (unpaired) electrons. The van der Waals surface area contributed by atoms with Gasteiger partial charge in [-0.2, -0.15) is 0 Å². The van der Waals surface area contributed by atoms with E-state index >= 15 is 0 Å². The zero-order valence-electron chi connectivity index (χ0n) is 15.8. The van der Waals surface area contributed by atoms with Crippen molar-refractivity contribution in [3.05, 3.63) is 75.5 Å². The Morgan fingerprint density at radius 3 is 2.64 bits per heavy atom. The Morgan fingerprint density at radius 2 is 1.93 bits per heavy atom. The van der Waals surface area contributed by atoms with Crippen LogP contribution in [0.2, 0.25) is 5.02 Å². The van der Waals surface area contributed by atoms with Gasteiger partial charge in [-0.1, -0.05) is 36.2 Å². The molecule has 28 heavy (non-hydrogen) atoms. The first kappa shape index (κ1) is 19.2. The molecule has 0 saturated carbocycles. The predicted molar refractivity (Wildman–Crippen MR) is 114 cm³/mol. The van der Waals surface area contributed by atoms with E-state index in [0.29, 0.717) is 5.76 Å². The Bertz CT molecular complexity index is 945. The van der Waals surface area contributed by atoms with Crippen LogP contribution in [0.25, 0.3) is 0 Å². The van der Waals surface area contributed by atoms with Crippen molar-refractivity contribution in [1.82, 2.24) is 4.90 Å². The molecule has 3 aromatic rings. The van der Waals surface area contributed by atoms with Crippen LogP contribution in [0, 0.1) is 6.92 Å². The smallest absolute Gasteiger partial charge is 0.291 e. The first-order valence-corrected chi connectivity index (χ1v) is 10.8. The van der Waals surface area contributed by atoms with Crippen LogP contribution >= 0.6 is 22.9 Å². The number of hydrogen-bond donors (Lipinski definition) is 1. The van der Waals surface area contributed by atoms with E-state index in [4.69, 9.17) is 16.0 Å². The molecule has 1 aromatic carbocycles. The zero-order valence-corrected chi connectivity index (χ0v) is 17.4. The van der Waals surface area contributed by atoms with Crippen LogP contribution in [0.5, 0.6) is 0 Å². The first-order valence-electron chi connectivity index (χ1n) is 9.57. The number of benzene rings is 1. The Morgan fingerprint density at radius 1 is 1.14 bits per heavy atom. The average molecular weight is 415 g/mol. The Balaban J connectivity index is 1.74. The molecule has 1 amide bonds. The van der Waals surface area contributed by atoms with Crippen molar-refractivity contribution in [1.29, 1.82) is 0 Å². The van der Waals surface area contributed by atoms with E-state index in [1.807, 2.05) is 18.2 Å². The number of amides is 1. The highest BCUT2D eigenvalue weighted by Crippen LogP contribution is 2.42. The third-order valence-electron chi connectivity index (χ3n) is 5.11. The van der Waals surface area contributed by atoms with Gasteiger partial charge < -0.3 is 9.73 Å². The molecule has 1 N–H and O–H groups in total. The van der Waals surface area contributed by atoms with Gasteiger partial charge >= 0.3 is 0 Å². The fourth-order valence-electron chi connectivity index (χ4n) is 3.84. The molecule has 3 heterocycles. The number of carbonyl (C=O) groups excluding carboxylic acids is 1. The molecule has 1 aliphatic rings. The molecule has 0 unspecified atom stereocenters. The van der Waals surface area contributed by atoms with E-state index in [0.717, 1.165) is 39.1 Å². The van der Waals surface area contributed by atoms with Gasteiger partial charge in [-0.05, 0) is 62.7 Å². The molecule has 2 aromatic heterocycles. The SMILES string of the molecule is Cc1cc([C@@H](c2ccccc2Cl)N2CCCCC2)c(NC(=O)c2ccco2)s1. The second kappa shape index (κ2) is 8.52. The summed E-state index contributed by atoms with van der Waals surface area (Å²) in [6.07, 6.45) is 5.13. The molecule has 0 spiro atoms. The number of halogens is 1. The number of carbonyl (C=O) groups is 1. The molecule has 1 aliphatic heterocycles. The number of aryl methyl sites for hydroxylation is 1. The summed E-state index contributed by atoms with van der Waals surface area (Å²) >= 11 is 8.20. The molecule has 0 bridgehead atoms. The second-order valence-corrected chi connectivity index (χ2v) is 8.76. The van der Waals surface area contributed by atoms with Crippen molar-refractivity contribution in [3.63, 3.8) is 0 Å². The number of likely N-dealkylation sites (tertiary alicyclic amines) is 1. The fourth-order valence-corrected chi connectivity index (χ4v) is 5.02. The maximum absolute atomic E-state index is 12.6. The van der Waals surface area contributed by atoms with Gasteiger partial charge in [-0.3, -0.25) is 9.69 Å². The lowest BCUT2D eigenvalue weighted by Crippen LogP contribution is -2.34. The molecule has 4 nitrogen and oxygen atoms in total. The topological polar surface area (TPSA) is 45.5 Å². The van der Waals surface area contributed by atoms with Gasteiger partial charge in [0.25, 0.3) is 5.91 Å². The first-order chi connectivity index (χ1) is 13.6. The van der Waals surface area contributed by atoms with Crippen LogP contribution in [0.3, 0.4) is 0 Å². The number of anilines is 1. The molecule has 146 valence electrons. The second-order valence-electron chi connectivity index (χ2n) is 7.09. The quantitative estimate of drug-likeness (QED) is 0.546. The van der Waals surface area contributed by atoms with Gasteiger partial charge in [0, 0.05) is 15.5 Å². The molecule has 0 aliphatic carbocycles. The minimum atomic E-state index is -0.232. The predicted octanol–water partition coefficient (Wildman–Crippen LogP) is 6.13. The molecule has 1 atom stereocenters. The minimum Gasteiger partial charge on any atom is -0.459 e. The highest BCUT2D eigenvalue weighted by Gasteiger charge is 2.29. The average Bonchev–Trinajstić information content (AvgIpc) is 3.35. The summed E-state index contributed by atoms with van der Waals surface area (Å²) in [4.78, 5) is 16.2. The molecular formula is C22H23ClN2O2S. The Hall–Kier alpha value is -2.08. The third kappa shape index (κ3) is 4.02. The Labute approximate surface area is 174 Å². The lowest BCUT2D eigenvalue weighted by Gasteiger charge is -2.35. The number of piperidine rings is 1. The summed E-state index contributed by atoms with van der Waals surface area (Å²) in [5.74, 6) is 0.0777. The summed E-state index contributed by atoms with van der Waals surface area (Å²) in [5, 5.41) is 4.67. The monoisotopic (exact) mass is 414 g/mol. The highest BCUT2D eigenvalue weighted by atomic mass is 35.5. The van der Waals surface area contributed by atoms with E-state index in [1.54, 1.807) is 23.5 Å². The summed E-state index contributed by atoms with van der Waals surface area (Å²) < 4.78 is 5.26. The summed E-state index contributed by atoms with van der Waals surface area (Å²) in [7, 11) is 0. The number of nitrogens with zero attached hydrogens (tertiary/aromatic N) is 1. The number of nitrogens with one attached hydrogen (secondary N) is 1. The number of thiophene rings is 1. The van der Waals surface area contributed by atoms with Gasteiger partial charge in [0.05, 0.1) is 12.3 Å². The standard InChI is InChI=1S/C22H23ClN2O2S/c1-15-14-17(22(28-15)24-21(26)19-10-7-13-27-19)20(25-11-5-2-6-12-25)16-8-3-4-9-18(16)23/h3-4,7-10,13-14,20H,2,5-6,11-12H2,1H3,(H,24,26)/t20-/m1/s1. The van der Waals surface area contributed by atoms with E-state index in [9.17, 15) is 4.79 Å². The largest absolute Gasteiger partial charge is 0.459 e. The van der Waals surface area contributed by atoms with Crippen molar-refractivity contribution < 1.29 is 9.21 Å². The van der Waals surface area contributed by atoms with Crippen LogP contribution in [0.1, 0.15) is 51.9 Å². The maximum atomic E-state index is 12.6. The number of hydrogen-bond acceptors (Lipinski definition) is 4. The van der Waals surface area contributed by atoms with Crippen LogP contribution in [-0.4, -0.2) is 23.9 Å². The fraction of sp³-hybridized carbons (Fsp3) is 0.318. The number of furan rings is 1. The van der Waals surface area contributed by atoms with Crippen LogP contribution in [0.15, 0.2) is 53.1 Å². The zero-order chi connectivity index (χ0) is 19.5. The van der Waals surface area contributed by atoms with Gasteiger partial charge in [0.1, 0.15) is 5.00 Å². The van der Waals surface area contributed by atoms with Crippen molar-refractivity contribution in [2.24, 2.45) is 0 Å². The van der Waals surface area contributed by atoms with Crippen molar-refractivity contribution in [2.45, 2.75) is 32.2 Å². The highest BCUT2D eigenvalue weighted by molar-refractivity contribution is 7.16. The van der Waals surface area contributed by atoms with Gasteiger partial charge in [-0.25, -0.2) is 0 Å². The lowest BCUT2D eigenvalue weighted by molar-refractivity contribution is 0.0996. The number of rotatable bonds is 5. The van der Waals surface area contributed by atoms with Crippen LogP contribution in [0.4, 0.5) is 5.00 Å². The minimum absolute atomic E-state index is 0.0193. The van der Waals surface area contributed by atoms with Gasteiger partial charge in [0.15, 0.2) is 5.76 Å². The summed E-state index contributed by atoms with van der Waals surface area (Å²) in [6.45, 7) is 4.11. The van der Waals surface area contributed by atoms with Crippen LogP contribution in [-0.2, 0) is 0 Å². The lowest BCUT2D eigenvalue weighted by atomic mass is 9.96. The maximum Gasteiger partial charge on any atom is 0.291 e. The molecular weight excluding hydrogens is 392 g/mol. The van der Waals surface area contributed by atoms with Gasteiger partial charge in [0.2, 0.25) is 0 Å². The molecule has 6 heteroatoms. The molecule has 4 rings (SSSR count). The summed E-state index contributed by atoms with van der Waals surface area (Å²) in [5.41, 5.74) is 2.18. The summed E-state index contributed by atoms with van der Waals surface area (Å²) in [6, 6.07) is 13.6. The molecule has 1 saturated heterocycles.